The molecule has 5 rings (SSSR count). The molecule has 0 aliphatic rings. The molecule has 1 radical (unpaired) electrons. The molecule has 2 heterocycles. The van der Waals surface area contributed by atoms with E-state index in [-0.39, 0.29) is 20.1 Å². The maximum Gasteiger partial charge on any atom is 0.156 e. The average molecular weight is 539 g/mol. The Morgan fingerprint density at radius 3 is 2.39 bits per heavy atom. The van der Waals surface area contributed by atoms with Crippen molar-refractivity contribution < 1.29 is 20.1 Å². The van der Waals surface area contributed by atoms with Crippen molar-refractivity contribution in [2.24, 2.45) is 0 Å². The van der Waals surface area contributed by atoms with Crippen LogP contribution < -0.4 is 0 Å². The first-order valence-electron chi connectivity index (χ1n) is 8.91. The van der Waals surface area contributed by atoms with Crippen LogP contribution in [0.5, 0.6) is 0 Å². The van der Waals surface area contributed by atoms with Gasteiger partial charge in [0.25, 0.3) is 0 Å². The van der Waals surface area contributed by atoms with E-state index >= 15 is 0 Å². The summed E-state index contributed by atoms with van der Waals surface area (Å²) in [6.07, 6.45) is 0. The van der Waals surface area contributed by atoms with Gasteiger partial charge in [-0.15, -0.1) is 29.7 Å². The smallest absolute Gasteiger partial charge is 0.156 e. The van der Waals surface area contributed by atoms with Crippen LogP contribution in [0, 0.1) is 31.2 Å². The van der Waals surface area contributed by atoms with E-state index in [4.69, 9.17) is 4.98 Å². The molecule has 0 N–H and O–H groups in total. The van der Waals surface area contributed by atoms with Gasteiger partial charge in [0.15, 0.2) is 5.69 Å². The molecule has 0 unspecified atom stereocenters. The second-order valence-electron chi connectivity index (χ2n) is 6.82. The fourth-order valence-corrected chi connectivity index (χ4v) is 4.06. The number of fused-ring (bicyclic) bond motifs is 6. The van der Waals surface area contributed by atoms with Crippen LogP contribution in [0.4, 0.5) is 0 Å². The number of imidazole rings is 1. The van der Waals surface area contributed by atoms with E-state index in [1.807, 2.05) is 30.3 Å². The number of hydrogen-bond donors (Lipinski definition) is 0. The summed E-state index contributed by atoms with van der Waals surface area (Å²) in [5, 5.41) is 13.0. The van der Waals surface area contributed by atoms with Crippen molar-refractivity contribution >= 4 is 27.3 Å². The predicted octanol–water partition coefficient (Wildman–Crippen LogP) is 5.59. The number of nitrogens with zero attached hydrogens (tertiary/aromatic N) is 3. The van der Waals surface area contributed by atoms with E-state index in [2.05, 4.69) is 60.7 Å². The Balaban J connectivity index is 0.00000192. The number of nitriles is 1. The molecule has 0 fully saturated rings. The number of pyridine rings is 1. The molecule has 0 saturated heterocycles. The maximum atomic E-state index is 9.87. The summed E-state index contributed by atoms with van der Waals surface area (Å²) in [4.78, 5) is 4.74. The van der Waals surface area contributed by atoms with Crippen LogP contribution in [0.2, 0.25) is 0 Å². The Morgan fingerprint density at radius 1 is 0.929 bits per heavy atom. The van der Waals surface area contributed by atoms with Gasteiger partial charge in [-0.3, -0.25) is 4.98 Å². The van der Waals surface area contributed by atoms with Crippen molar-refractivity contribution in [3.63, 3.8) is 0 Å². The first kappa shape index (κ1) is 18.4. The third-order valence-electron chi connectivity index (χ3n) is 5.22. The third kappa shape index (κ3) is 2.48. The standard InChI is InChI=1S/C24H16N3.Ir/c1-15-8-7-9-16(2)22(15)23-20(14-25)26-24-19-12-4-3-10-17(19)18-11-5-6-13-21(18)27(23)24;/h3-11,13H,1-2H3;/q-1;. The summed E-state index contributed by atoms with van der Waals surface area (Å²) >= 11 is 0. The van der Waals surface area contributed by atoms with Crippen molar-refractivity contribution in [2.75, 3.05) is 0 Å². The van der Waals surface area contributed by atoms with E-state index < -0.39 is 0 Å². The molecule has 3 aromatic carbocycles. The Kier molecular flexibility index (Phi) is 4.51. The zero-order chi connectivity index (χ0) is 18.5. The largest absolute Gasteiger partial charge is 0.332 e. The number of hydrogen-bond acceptors (Lipinski definition) is 2. The molecule has 0 amide bonds. The summed E-state index contributed by atoms with van der Waals surface area (Å²) in [7, 11) is 0. The van der Waals surface area contributed by atoms with Crippen LogP contribution in [-0.4, -0.2) is 9.38 Å². The summed E-state index contributed by atoms with van der Waals surface area (Å²) in [5.74, 6) is 0. The van der Waals surface area contributed by atoms with Gasteiger partial charge >= 0.3 is 0 Å². The Bertz CT molecular complexity index is 1390. The van der Waals surface area contributed by atoms with Crippen molar-refractivity contribution in [3.8, 4) is 17.3 Å². The third-order valence-corrected chi connectivity index (χ3v) is 5.22. The number of aromatic nitrogens is 2. The molecule has 0 aliphatic heterocycles. The molecule has 3 nitrogen and oxygen atoms in total. The van der Waals surface area contributed by atoms with E-state index in [9.17, 15) is 5.26 Å². The SMILES string of the molecule is Cc1cccc(C)c1-c1c(C#N)nc2c3[c-]cccc3c3ccccc3n12.[Ir]. The average Bonchev–Trinajstić information content (AvgIpc) is 3.08. The maximum absolute atomic E-state index is 9.87. The molecular formula is C24H16IrN3-. The van der Waals surface area contributed by atoms with Crippen LogP contribution in [0.1, 0.15) is 16.8 Å². The molecule has 137 valence electrons. The van der Waals surface area contributed by atoms with Gasteiger partial charge in [0.1, 0.15) is 6.07 Å². The second kappa shape index (κ2) is 6.87. The van der Waals surface area contributed by atoms with Gasteiger partial charge in [-0.1, -0.05) is 41.8 Å². The minimum absolute atomic E-state index is 0. The predicted molar refractivity (Wildman–Crippen MR) is 109 cm³/mol. The van der Waals surface area contributed by atoms with E-state index in [0.29, 0.717) is 5.69 Å². The summed E-state index contributed by atoms with van der Waals surface area (Å²) < 4.78 is 2.13. The quantitative estimate of drug-likeness (QED) is 0.206. The molecule has 28 heavy (non-hydrogen) atoms. The fourth-order valence-electron chi connectivity index (χ4n) is 4.06. The zero-order valence-corrected chi connectivity index (χ0v) is 17.8. The Labute approximate surface area is 176 Å². The Morgan fingerprint density at radius 2 is 1.64 bits per heavy atom. The van der Waals surface area contributed by atoms with Crippen molar-refractivity contribution in [1.82, 2.24) is 9.38 Å². The first-order chi connectivity index (χ1) is 13.2. The molecule has 0 aliphatic carbocycles. The number of benzene rings is 3. The topological polar surface area (TPSA) is 41.1 Å². The minimum Gasteiger partial charge on any atom is -0.332 e. The van der Waals surface area contributed by atoms with Crippen LogP contribution in [-0.2, 0) is 20.1 Å². The van der Waals surface area contributed by atoms with Crippen LogP contribution in [0.15, 0.2) is 60.7 Å². The van der Waals surface area contributed by atoms with Crippen LogP contribution in [0.25, 0.3) is 38.6 Å². The van der Waals surface area contributed by atoms with Crippen LogP contribution >= 0.6 is 0 Å². The first-order valence-corrected chi connectivity index (χ1v) is 8.91. The number of para-hydroxylation sites is 1. The van der Waals surface area contributed by atoms with Gasteiger partial charge in [-0.05, 0) is 36.4 Å². The van der Waals surface area contributed by atoms with Crippen molar-refractivity contribution in [1.29, 1.82) is 5.26 Å². The van der Waals surface area contributed by atoms with Gasteiger partial charge in [0.2, 0.25) is 0 Å². The second-order valence-corrected chi connectivity index (χ2v) is 6.82. The molecule has 0 spiro atoms. The van der Waals surface area contributed by atoms with E-state index in [1.165, 1.54) is 0 Å². The fraction of sp³-hybridized carbons (Fsp3) is 0.0833. The monoisotopic (exact) mass is 539 g/mol. The van der Waals surface area contributed by atoms with Crippen LogP contribution in [0.3, 0.4) is 0 Å². The van der Waals surface area contributed by atoms with Gasteiger partial charge < -0.3 is 4.40 Å². The molecule has 4 heteroatoms. The molecule has 0 saturated carbocycles. The molecule has 0 bridgehead atoms. The zero-order valence-electron chi connectivity index (χ0n) is 15.4. The Hall–Kier alpha value is -2.99. The summed E-state index contributed by atoms with van der Waals surface area (Å²) in [5.41, 5.74) is 6.47. The van der Waals surface area contributed by atoms with E-state index in [0.717, 1.165) is 49.7 Å². The van der Waals surface area contributed by atoms with Gasteiger partial charge in [0.05, 0.1) is 11.3 Å². The van der Waals surface area contributed by atoms with Gasteiger partial charge in [0, 0.05) is 31.2 Å². The van der Waals surface area contributed by atoms with E-state index in [1.54, 1.807) is 0 Å². The molecule has 2 aromatic heterocycles. The van der Waals surface area contributed by atoms with Crippen molar-refractivity contribution in [3.05, 3.63) is 83.6 Å². The van der Waals surface area contributed by atoms with Gasteiger partial charge in [-0.25, -0.2) is 0 Å². The van der Waals surface area contributed by atoms with Gasteiger partial charge in [-0.2, -0.15) is 5.26 Å². The summed E-state index contributed by atoms with van der Waals surface area (Å²) in [6, 6.07) is 26.1. The number of aryl methyl sites for hydroxylation is 2. The van der Waals surface area contributed by atoms with Crippen molar-refractivity contribution in [2.45, 2.75) is 13.8 Å². The normalized spacial score (nSPS) is 10.9. The molecule has 5 aromatic rings. The summed E-state index contributed by atoms with van der Waals surface area (Å²) in [6.45, 7) is 4.16. The minimum atomic E-state index is 0. The molecule has 0 atom stereocenters. The molecular weight excluding hydrogens is 523 g/mol. The number of rotatable bonds is 1.